The highest BCUT2D eigenvalue weighted by molar-refractivity contribution is 5.95. The molecule has 1 amide bonds. The maximum Gasteiger partial charge on any atom is 0.279 e. The first kappa shape index (κ1) is 15.7. The normalized spacial score (nSPS) is 17.3. The zero-order chi connectivity index (χ0) is 17.2. The fraction of sp³-hybridized carbons (Fsp3) is 0.278. The predicted molar refractivity (Wildman–Crippen MR) is 90.7 cm³/mol. The number of hydrogen-bond donors (Lipinski definition) is 1. The van der Waals surface area contributed by atoms with Gasteiger partial charge in [0.25, 0.3) is 5.91 Å². The molecule has 1 N–H and O–H groups in total. The van der Waals surface area contributed by atoms with Crippen molar-refractivity contribution in [1.29, 1.82) is 0 Å². The van der Waals surface area contributed by atoms with Gasteiger partial charge in [-0.05, 0) is 18.1 Å². The lowest BCUT2D eigenvalue weighted by atomic mass is 10.1. The SMILES string of the molecule is O=C(c1cnc2c(c1)ncn2CCc1ccccc1)N1CC(O)CO1. The lowest BCUT2D eigenvalue weighted by Crippen LogP contribution is -2.28. The highest BCUT2D eigenvalue weighted by Gasteiger charge is 2.27. The average molecular weight is 338 g/mol. The van der Waals surface area contributed by atoms with E-state index in [0.29, 0.717) is 11.1 Å². The van der Waals surface area contributed by atoms with Gasteiger partial charge in [0.2, 0.25) is 0 Å². The van der Waals surface area contributed by atoms with Crippen LogP contribution < -0.4 is 0 Å². The first-order valence-electron chi connectivity index (χ1n) is 8.18. The monoisotopic (exact) mass is 338 g/mol. The molecule has 25 heavy (non-hydrogen) atoms. The van der Waals surface area contributed by atoms with Crippen molar-refractivity contribution < 1.29 is 14.7 Å². The van der Waals surface area contributed by atoms with Gasteiger partial charge in [0.05, 0.1) is 18.4 Å². The van der Waals surface area contributed by atoms with E-state index < -0.39 is 6.10 Å². The van der Waals surface area contributed by atoms with Crippen LogP contribution >= 0.6 is 0 Å². The van der Waals surface area contributed by atoms with E-state index in [9.17, 15) is 9.90 Å². The molecule has 2 aromatic heterocycles. The number of imidazole rings is 1. The van der Waals surface area contributed by atoms with Crippen molar-refractivity contribution in [2.75, 3.05) is 13.2 Å². The second kappa shape index (κ2) is 6.62. The first-order chi connectivity index (χ1) is 12.2. The minimum Gasteiger partial charge on any atom is -0.389 e. The van der Waals surface area contributed by atoms with Crippen LogP contribution in [-0.4, -0.2) is 49.9 Å². The van der Waals surface area contributed by atoms with Gasteiger partial charge in [0.1, 0.15) is 18.2 Å². The van der Waals surface area contributed by atoms with Crippen molar-refractivity contribution in [1.82, 2.24) is 19.6 Å². The third-order valence-electron chi connectivity index (χ3n) is 4.21. The summed E-state index contributed by atoms with van der Waals surface area (Å²) in [6.07, 6.45) is 3.51. The van der Waals surface area contributed by atoms with Crippen LogP contribution in [0.3, 0.4) is 0 Å². The van der Waals surface area contributed by atoms with Crippen LogP contribution in [0.4, 0.5) is 0 Å². The Labute approximate surface area is 144 Å². The Morgan fingerprint density at radius 1 is 1.28 bits per heavy atom. The van der Waals surface area contributed by atoms with Gasteiger partial charge >= 0.3 is 0 Å². The fourth-order valence-electron chi connectivity index (χ4n) is 2.88. The number of aliphatic hydroxyl groups is 1. The summed E-state index contributed by atoms with van der Waals surface area (Å²) in [6.45, 7) is 1.07. The number of benzene rings is 1. The molecule has 3 heterocycles. The Hall–Kier alpha value is -2.77. The highest BCUT2D eigenvalue weighted by Crippen LogP contribution is 2.16. The molecule has 1 unspecified atom stereocenters. The second-order valence-electron chi connectivity index (χ2n) is 6.06. The molecule has 128 valence electrons. The van der Waals surface area contributed by atoms with Crippen LogP contribution in [0.2, 0.25) is 0 Å². The Morgan fingerprint density at radius 3 is 2.88 bits per heavy atom. The lowest BCUT2D eigenvalue weighted by Gasteiger charge is -2.13. The molecule has 0 aliphatic carbocycles. The topological polar surface area (TPSA) is 80.5 Å². The van der Waals surface area contributed by atoms with E-state index in [-0.39, 0.29) is 19.1 Å². The van der Waals surface area contributed by atoms with Crippen molar-refractivity contribution in [3.8, 4) is 0 Å². The van der Waals surface area contributed by atoms with E-state index in [1.54, 1.807) is 12.4 Å². The number of carbonyl (C=O) groups is 1. The van der Waals surface area contributed by atoms with Gasteiger partial charge in [-0.2, -0.15) is 0 Å². The van der Waals surface area contributed by atoms with E-state index in [2.05, 4.69) is 22.1 Å². The molecular weight excluding hydrogens is 320 g/mol. The summed E-state index contributed by atoms with van der Waals surface area (Å²) >= 11 is 0. The van der Waals surface area contributed by atoms with Crippen LogP contribution in [0.25, 0.3) is 11.2 Å². The molecule has 7 heteroatoms. The molecule has 1 saturated heterocycles. The molecule has 1 aliphatic rings. The zero-order valence-corrected chi connectivity index (χ0v) is 13.6. The zero-order valence-electron chi connectivity index (χ0n) is 13.6. The number of aliphatic hydroxyl groups excluding tert-OH is 1. The number of nitrogens with zero attached hydrogens (tertiary/aromatic N) is 4. The summed E-state index contributed by atoms with van der Waals surface area (Å²) in [5, 5.41) is 10.6. The van der Waals surface area contributed by atoms with E-state index >= 15 is 0 Å². The Kier molecular flexibility index (Phi) is 4.17. The highest BCUT2D eigenvalue weighted by atomic mass is 16.7. The van der Waals surface area contributed by atoms with Crippen molar-refractivity contribution in [2.24, 2.45) is 0 Å². The van der Waals surface area contributed by atoms with Gasteiger partial charge < -0.3 is 9.67 Å². The summed E-state index contributed by atoms with van der Waals surface area (Å²) in [4.78, 5) is 26.3. The number of aromatic nitrogens is 3. The van der Waals surface area contributed by atoms with E-state index in [4.69, 9.17) is 4.84 Å². The van der Waals surface area contributed by atoms with E-state index in [1.807, 2.05) is 22.8 Å². The van der Waals surface area contributed by atoms with Crippen molar-refractivity contribution >= 4 is 17.1 Å². The van der Waals surface area contributed by atoms with Gasteiger partial charge in [-0.1, -0.05) is 30.3 Å². The van der Waals surface area contributed by atoms with Gasteiger partial charge in [0, 0.05) is 12.7 Å². The fourth-order valence-corrected chi connectivity index (χ4v) is 2.88. The third-order valence-corrected chi connectivity index (χ3v) is 4.21. The maximum absolute atomic E-state index is 12.4. The van der Waals surface area contributed by atoms with Gasteiger partial charge in [-0.25, -0.2) is 15.0 Å². The number of aryl methyl sites for hydroxylation is 2. The molecule has 0 radical (unpaired) electrons. The number of rotatable bonds is 4. The summed E-state index contributed by atoms with van der Waals surface area (Å²) in [6, 6.07) is 11.9. The molecule has 1 aliphatic heterocycles. The van der Waals surface area contributed by atoms with Crippen LogP contribution in [-0.2, 0) is 17.8 Å². The van der Waals surface area contributed by atoms with Crippen molar-refractivity contribution in [3.63, 3.8) is 0 Å². The Bertz CT molecular complexity index is 894. The quantitative estimate of drug-likeness (QED) is 0.778. The smallest absolute Gasteiger partial charge is 0.279 e. The number of pyridine rings is 1. The molecule has 3 aromatic rings. The van der Waals surface area contributed by atoms with Crippen LogP contribution in [0.1, 0.15) is 15.9 Å². The largest absolute Gasteiger partial charge is 0.389 e. The average Bonchev–Trinajstić information content (AvgIpc) is 3.26. The Balaban J connectivity index is 1.51. The van der Waals surface area contributed by atoms with Crippen molar-refractivity contribution in [2.45, 2.75) is 19.1 Å². The molecule has 0 saturated carbocycles. The second-order valence-corrected chi connectivity index (χ2v) is 6.06. The van der Waals surface area contributed by atoms with Crippen LogP contribution in [0, 0.1) is 0 Å². The molecular formula is C18H18N4O3. The number of hydroxylamine groups is 2. The Morgan fingerprint density at radius 2 is 2.12 bits per heavy atom. The summed E-state index contributed by atoms with van der Waals surface area (Å²) < 4.78 is 1.98. The predicted octanol–water partition coefficient (Wildman–Crippen LogP) is 1.42. The van der Waals surface area contributed by atoms with Gasteiger partial charge in [-0.15, -0.1) is 0 Å². The van der Waals surface area contributed by atoms with E-state index in [0.717, 1.165) is 18.6 Å². The first-order valence-corrected chi connectivity index (χ1v) is 8.18. The minimum atomic E-state index is -0.641. The minimum absolute atomic E-state index is 0.134. The van der Waals surface area contributed by atoms with Gasteiger partial charge in [0.15, 0.2) is 5.65 Å². The molecule has 1 fully saturated rings. The molecule has 0 spiro atoms. The lowest BCUT2D eigenvalue weighted by molar-refractivity contribution is -0.0779. The summed E-state index contributed by atoms with van der Waals surface area (Å²) in [5.74, 6) is -0.315. The van der Waals surface area contributed by atoms with Crippen molar-refractivity contribution in [3.05, 3.63) is 60.0 Å². The molecule has 0 bridgehead atoms. The number of β-amino-alcohol motifs (C(OH)–C–C–N with tert-alkyl or cyclic N) is 1. The standard InChI is InChI=1S/C18H18N4O3/c23-15-10-22(25-11-15)18(24)14-8-16-17(19-9-14)21(12-20-16)7-6-13-4-2-1-3-5-13/h1-5,8-9,12,15,23H,6-7,10-11H2. The van der Waals surface area contributed by atoms with Crippen LogP contribution in [0.15, 0.2) is 48.9 Å². The summed E-state index contributed by atoms with van der Waals surface area (Å²) in [5.41, 5.74) is 3.06. The molecule has 1 aromatic carbocycles. The number of carbonyl (C=O) groups excluding carboxylic acids is 1. The van der Waals surface area contributed by atoms with Crippen LogP contribution in [0.5, 0.6) is 0 Å². The number of fused-ring (bicyclic) bond motifs is 1. The van der Waals surface area contributed by atoms with E-state index in [1.165, 1.54) is 16.8 Å². The summed E-state index contributed by atoms with van der Waals surface area (Å²) in [7, 11) is 0. The maximum atomic E-state index is 12.4. The third kappa shape index (κ3) is 3.24. The number of amides is 1. The molecule has 7 nitrogen and oxygen atoms in total. The number of hydrogen-bond acceptors (Lipinski definition) is 5. The molecule has 1 atom stereocenters. The molecule has 4 rings (SSSR count). The van der Waals surface area contributed by atoms with Gasteiger partial charge in [-0.3, -0.25) is 9.63 Å².